The molecule has 5 aliphatic carbocycles. The van der Waals surface area contributed by atoms with E-state index in [9.17, 15) is 10.2 Å². The summed E-state index contributed by atoms with van der Waals surface area (Å²) in [5.41, 5.74) is 1.34. The second-order valence-electron chi connectivity index (χ2n) is 15.0. The molecular formula is C30H52O2. The average molecular weight is 445 g/mol. The van der Waals surface area contributed by atoms with Crippen LogP contribution >= 0.6 is 0 Å². The first-order valence-corrected chi connectivity index (χ1v) is 14.2. The zero-order valence-corrected chi connectivity index (χ0v) is 22.2. The molecule has 0 radical (unpaired) electrons. The van der Waals surface area contributed by atoms with Crippen LogP contribution in [0.3, 0.4) is 0 Å². The number of hydrogen-bond acceptors (Lipinski definition) is 2. The van der Waals surface area contributed by atoms with Gasteiger partial charge in [0.05, 0.1) is 12.7 Å². The van der Waals surface area contributed by atoms with Gasteiger partial charge in [0.1, 0.15) is 0 Å². The van der Waals surface area contributed by atoms with Gasteiger partial charge in [-0.25, -0.2) is 0 Å². The summed E-state index contributed by atoms with van der Waals surface area (Å²) in [6, 6.07) is 0. The highest BCUT2D eigenvalue weighted by Gasteiger charge is 2.70. The Morgan fingerprint density at radius 1 is 0.750 bits per heavy atom. The highest BCUT2D eigenvalue weighted by Crippen LogP contribution is 2.77. The van der Waals surface area contributed by atoms with Crippen LogP contribution in [-0.4, -0.2) is 22.9 Å². The standard InChI is InChI=1S/C30H52O2/c1-19(2)20-10-13-26(3)16-17-29(6)21(25(20)26)8-9-23-27(4)14-12-24(32)28(5,18-31)22(27)11-15-30(23,29)7/h19-25,31-32H,8-18H2,1-7H3/t20-,21+,22+,23+,24-,25+,26+,27-,28-,29+,30+/m0/s1. The SMILES string of the molecule is CC(C)[C@@H]1CC[C@]2(C)CC[C@]3(C)[C@H](CC[C@@H]4[C@@]5(C)CC[C@H](O)[C@@](C)(CO)[C@@H]5CC[C@]43C)[C@@H]12. The van der Waals surface area contributed by atoms with Crippen LogP contribution in [0.2, 0.25) is 0 Å². The Kier molecular flexibility index (Phi) is 5.34. The smallest absolute Gasteiger partial charge is 0.0618 e. The van der Waals surface area contributed by atoms with Crippen LogP contribution in [0.1, 0.15) is 113 Å². The van der Waals surface area contributed by atoms with Crippen LogP contribution in [0, 0.1) is 62.6 Å². The Hall–Kier alpha value is -0.0800. The van der Waals surface area contributed by atoms with Gasteiger partial charge in [-0.1, -0.05) is 48.5 Å². The van der Waals surface area contributed by atoms with Crippen LogP contribution in [-0.2, 0) is 0 Å². The Labute approximate surface area is 198 Å². The fraction of sp³-hybridized carbons (Fsp3) is 1.00. The van der Waals surface area contributed by atoms with Crippen molar-refractivity contribution in [2.45, 2.75) is 119 Å². The van der Waals surface area contributed by atoms with E-state index in [2.05, 4.69) is 48.5 Å². The van der Waals surface area contributed by atoms with Crippen LogP contribution < -0.4 is 0 Å². The number of hydrogen-bond donors (Lipinski definition) is 2. The molecule has 5 aliphatic rings. The molecule has 184 valence electrons. The molecule has 2 heteroatoms. The van der Waals surface area contributed by atoms with E-state index < -0.39 is 0 Å². The third kappa shape index (κ3) is 2.72. The van der Waals surface area contributed by atoms with E-state index in [4.69, 9.17) is 0 Å². The quantitative estimate of drug-likeness (QED) is 0.478. The maximum absolute atomic E-state index is 10.9. The zero-order chi connectivity index (χ0) is 23.3. The average Bonchev–Trinajstić information content (AvgIpc) is 3.09. The van der Waals surface area contributed by atoms with Gasteiger partial charge in [-0.05, 0) is 121 Å². The lowest BCUT2D eigenvalue weighted by Crippen LogP contribution is -2.67. The summed E-state index contributed by atoms with van der Waals surface area (Å²) in [4.78, 5) is 0. The van der Waals surface area contributed by atoms with Crippen molar-refractivity contribution < 1.29 is 10.2 Å². The maximum atomic E-state index is 10.9. The molecule has 0 bridgehead atoms. The van der Waals surface area contributed by atoms with Gasteiger partial charge in [0.15, 0.2) is 0 Å². The third-order valence-corrected chi connectivity index (χ3v) is 13.9. The van der Waals surface area contributed by atoms with Gasteiger partial charge in [0, 0.05) is 5.41 Å². The van der Waals surface area contributed by atoms with Gasteiger partial charge in [-0.2, -0.15) is 0 Å². The lowest BCUT2D eigenvalue weighted by molar-refractivity contribution is -0.254. The highest BCUT2D eigenvalue weighted by molar-refractivity contribution is 5.19. The first-order chi connectivity index (χ1) is 14.9. The largest absolute Gasteiger partial charge is 0.396 e. The summed E-state index contributed by atoms with van der Waals surface area (Å²) in [7, 11) is 0. The maximum Gasteiger partial charge on any atom is 0.0618 e. The normalized spacial score (nSPS) is 59.8. The molecule has 0 aromatic heterocycles. The van der Waals surface area contributed by atoms with E-state index in [0.717, 1.165) is 42.4 Å². The molecule has 2 N–H and O–H groups in total. The fourth-order valence-electron chi connectivity index (χ4n) is 11.8. The second kappa shape index (κ2) is 7.22. The van der Waals surface area contributed by atoms with E-state index in [1.807, 2.05) is 0 Å². The number of aliphatic hydroxyl groups excluding tert-OH is 2. The molecule has 11 atom stereocenters. The van der Waals surface area contributed by atoms with E-state index in [0.29, 0.717) is 22.2 Å². The van der Waals surface area contributed by atoms with Gasteiger partial charge >= 0.3 is 0 Å². The van der Waals surface area contributed by atoms with Crippen LogP contribution in [0.4, 0.5) is 0 Å². The molecule has 0 saturated heterocycles. The summed E-state index contributed by atoms with van der Waals surface area (Å²) in [5, 5.41) is 21.4. The summed E-state index contributed by atoms with van der Waals surface area (Å²) in [6.07, 6.45) is 12.7. The van der Waals surface area contributed by atoms with E-state index in [1.54, 1.807) is 0 Å². The molecule has 5 rings (SSSR count). The van der Waals surface area contributed by atoms with Crippen molar-refractivity contribution in [2.75, 3.05) is 6.61 Å². The molecule has 0 amide bonds. The van der Waals surface area contributed by atoms with Crippen molar-refractivity contribution in [3.63, 3.8) is 0 Å². The van der Waals surface area contributed by atoms with Crippen molar-refractivity contribution in [2.24, 2.45) is 62.6 Å². The van der Waals surface area contributed by atoms with Crippen molar-refractivity contribution in [1.29, 1.82) is 0 Å². The van der Waals surface area contributed by atoms with Crippen LogP contribution in [0.25, 0.3) is 0 Å². The van der Waals surface area contributed by atoms with E-state index >= 15 is 0 Å². The monoisotopic (exact) mass is 444 g/mol. The van der Waals surface area contributed by atoms with Crippen LogP contribution in [0.5, 0.6) is 0 Å². The molecule has 0 aliphatic heterocycles. The molecule has 0 spiro atoms. The molecule has 0 unspecified atom stereocenters. The summed E-state index contributed by atoms with van der Waals surface area (Å²) in [5.74, 6) is 4.71. The molecule has 5 saturated carbocycles. The van der Waals surface area contributed by atoms with Crippen molar-refractivity contribution in [1.82, 2.24) is 0 Å². The minimum absolute atomic E-state index is 0.133. The third-order valence-electron chi connectivity index (χ3n) is 13.9. The first kappa shape index (κ1) is 23.7. The number of rotatable bonds is 2. The Morgan fingerprint density at radius 2 is 1.47 bits per heavy atom. The molecule has 2 nitrogen and oxygen atoms in total. The predicted octanol–water partition coefficient (Wildman–Crippen LogP) is 7.08. The molecule has 0 aromatic carbocycles. The highest BCUT2D eigenvalue weighted by atomic mass is 16.3. The lowest BCUT2D eigenvalue weighted by Gasteiger charge is -2.73. The van der Waals surface area contributed by atoms with Gasteiger partial charge in [0.2, 0.25) is 0 Å². The fourth-order valence-corrected chi connectivity index (χ4v) is 11.8. The van der Waals surface area contributed by atoms with E-state index in [-0.39, 0.29) is 23.5 Å². The Bertz CT molecular complexity index is 747. The molecule has 0 aromatic rings. The Balaban J connectivity index is 1.54. The number of aliphatic hydroxyl groups is 2. The minimum Gasteiger partial charge on any atom is -0.396 e. The topological polar surface area (TPSA) is 40.5 Å². The van der Waals surface area contributed by atoms with Crippen molar-refractivity contribution in [3.8, 4) is 0 Å². The summed E-state index contributed by atoms with van der Waals surface area (Å²) in [6.45, 7) is 18.0. The van der Waals surface area contributed by atoms with Gasteiger partial charge in [0.25, 0.3) is 0 Å². The van der Waals surface area contributed by atoms with Crippen LogP contribution in [0.15, 0.2) is 0 Å². The first-order valence-electron chi connectivity index (χ1n) is 14.2. The minimum atomic E-state index is -0.345. The second-order valence-corrected chi connectivity index (χ2v) is 15.0. The number of fused-ring (bicyclic) bond motifs is 7. The summed E-state index contributed by atoms with van der Waals surface area (Å²) >= 11 is 0. The van der Waals surface area contributed by atoms with E-state index in [1.165, 1.54) is 51.4 Å². The van der Waals surface area contributed by atoms with Gasteiger partial charge in [-0.3, -0.25) is 0 Å². The molecular weight excluding hydrogens is 392 g/mol. The van der Waals surface area contributed by atoms with Gasteiger partial charge < -0.3 is 10.2 Å². The molecule has 32 heavy (non-hydrogen) atoms. The lowest BCUT2D eigenvalue weighted by atomic mass is 9.32. The molecule has 0 heterocycles. The van der Waals surface area contributed by atoms with Crippen molar-refractivity contribution in [3.05, 3.63) is 0 Å². The van der Waals surface area contributed by atoms with Crippen molar-refractivity contribution >= 4 is 0 Å². The Morgan fingerprint density at radius 3 is 2.12 bits per heavy atom. The zero-order valence-electron chi connectivity index (χ0n) is 22.2. The van der Waals surface area contributed by atoms with Gasteiger partial charge in [-0.15, -0.1) is 0 Å². The predicted molar refractivity (Wildman–Crippen MR) is 132 cm³/mol. The molecule has 5 fully saturated rings. The summed E-state index contributed by atoms with van der Waals surface area (Å²) < 4.78 is 0.